The number of thiophene rings is 1. The second kappa shape index (κ2) is 7.31. The molecule has 2 rings (SSSR count). The Kier molecular flexibility index (Phi) is 5.42. The minimum Gasteiger partial charge on any atom is -0.432 e. The Balaban J connectivity index is 1.94. The predicted octanol–water partition coefficient (Wildman–Crippen LogP) is 3.26. The number of hydrogen-bond acceptors (Lipinski definition) is 5. The SMILES string of the molecule is CCCNCc1coc(N(CC)Cc2cccs2)n1. The van der Waals surface area contributed by atoms with Crippen molar-refractivity contribution in [3.63, 3.8) is 0 Å². The van der Waals surface area contributed by atoms with Gasteiger partial charge in [-0.05, 0) is 31.3 Å². The minimum absolute atomic E-state index is 0.712. The second-order valence-electron chi connectivity index (χ2n) is 4.39. The van der Waals surface area contributed by atoms with E-state index in [1.807, 2.05) is 0 Å². The van der Waals surface area contributed by atoms with Gasteiger partial charge in [0.15, 0.2) is 0 Å². The Labute approximate surface area is 118 Å². The molecule has 2 aromatic rings. The molecule has 0 saturated carbocycles. The summed E-state index contributed by atoms with van der Waals surface area (Å²) in [6, 6.07) is 4.92. The van der Waals surface area contributed by atoms with Gasteiger partial charge >= 0.3 is 0 Å². The van der Waals surface area contributed by atoms with E-state index in [2.05, 4.69) is 46.6 Å². The summed E-state index contributed by atoms with van der Waals surface area (Å²) in [5.74, 6) is 0. The van der Waals surface area contributed by atoms with Crippen molar-refractivity contribution in [3.05, 3.63) is 34.3 Å². The maximum Gasteiger partial charge on any atom is 0.297 e. The van der Waals surface area contributed by atoms with Crippen LogP contribution in [0.15, 0.2) is 28.2 Å². The summed E-state index contributed by atoms with van der Waals surface area (Å²) in [6.07, 6.45) is 2.87. The molecule has 0 aromatic carbocycles. The molecule has 0 fully saturated rings. The van der Waals surface area contributed by atoms with Crippen molar-refractivity contribution in [1.82, 2.24) is 10.3 Å². The van der Waals surface area contributed by atoms with Crippen LogP contribution < -0.4 is 10.2 Å². The molecule has 2 heterocycles. The molecule has 19 heavy (non-hydrogen) atoms. The van der Waals surface area contributed by atoms with Gasteiger partial charge in [-0.2, -0.15) is 4.98 Å². The summed E-state index contributed by atoms with van der Waals surface area (Å²) in [5.41, 5.74) is 0.966. The number of hydrogen-bond donors (Lipinski definition) is 1. The van der Waals surface area contributed by atoms with Crippen LogP contribution in [0.25, 0.3) is 0 Å². The van der Waals surface area contributed by atoms with Gasteiger partial charge in [0.1, 0.15) is 6.26 Å². The fraction of sp³-hybridized carbons (Fsp3) is 0.500. The fourth-order valence-corrected chi connectivity index (χ4v) is 2.54. The number of oxazole rings is 1. The van der Waals surface area contributed by atoms with Gasteiger partial charge in [-0.25, -0.2) is 0 Å². The Morgan fingerprint density at radius 1 is 1.42 bits per heavy atom. The first-order valence-corrected chi connectivity index (χ1v) is 7.64. The average Bonchev–Trinajstić information content (AvgIpc) is 3.07. The number of rotatable bonds is 8. The first-order valence-electron chi connectivity index (χ1n) is 6.76. The number of nitrogens with zero attached hydrogens (tertiary/aromatic N) is 2. The van der Waals surface area contributed by atoms with Crippen LogP contribution in [0, 0.1) is 0 Å². The van der Waals surface area contributed by atoms with Gasteiger partial charge in [-0.15, -0.1) is 11.3 Å². The smallest absolute Gasteiger partial charge is 0.297 e. The molecule has 104 valence electrons. The van der Waals surface area contributed by atoms with Gasteiger partial charge in [-0.3, -0.25) is 0 Å². The van der Waals surface area contributed by atoms with Gasteiger partial charge in [0.2, 0.25) is 0 Å². The van der Waals surface area contributed by atoms with E-state index < -0.39 is 0 Å². The standard InChI is InChI=1S/C14H21N3OS/c1-3-7-15-9-12-11-18-14(16-12)17(4-2)10-13-6-5-8-19-13/h5-6,8,11,15H,3-4,7,9-10H2,1-2H3. The van der Waals surface area contributed by atoms with E-state index >= 15 is 0 Å². The zero-order valence-corrected chi connectivity index (χ0v) is 12.4. The average molecular weight is 279 g/mol. The Morgan fingerprint density at radius 2 is 2.32 bits per heavy atom. The molecule has 0 radical (unpaired) electrons. The zero-order chi connectivity index (χ0) is 13.5. The lowest BCUT2D eigenvalue weighted by atomic mass is 10.4. The molecule has 0 unspecified atom stereocenters. The van der Waals surface area contributed by atoms with E-state index in [-0.39, 0.29) is 0 Å². The third-order valence-corrected chi connectivity index (χ3v) is 3.71. The lowest BCUT2D eigenvalue weighted by Gasteiger charge is -2.17. The quantitative estimate of drug-likeness (QED) is 0.753. The third kappa shape index (κ3) is 4.08. The van der Waals surface area contributed by atoms with Crippen molar-refractivity contribution in [2.45, 2.75) is 33.4 Å². The minimum atomic E-state index is 0.712. The van der Waals surface area contributed by atoms with E-state index in [0.29, 0.717) is 6.01 Å². The summed E-state index contributed by atoms with van der Waals surface area (Å²) >= 11 is 1.76. The Hall–Kier alpha value is -1.33. The zero-order valence-electron chi connectivity index (χ0n) is 11.6. The lowest BCUT2D eigenvalue weighted by molar-refractivity contribution is 0.534. The normalized spacial score (nSPS) is 10.8. The van der Waals surface area contributed by atoms with Crippen molar-refractivity contribution in [1.29, 1.82) is 0 Å². The van der Waals surface area contributed by atoms with Gasteiger partial charge in [0, 0.05) is 18.0 Å². The van der Waals surface area contributed by atoms with Crippen LogP contribution in [0.1, 0.15) is 30.8 Å². The molecule has 2 aromatic heterocycles. The maximum absolute atomic E-state index is 5.58. The summed E-state index contributed by atoms with van der Waals surface area (Å²) < 4.78 is 5.58. The van der Waals surface area contributed by atoms with Crippen molar-refractivity contribution in [2.24, 2.45) is 0 Å². The van der Waals surface area contributed by atoms with Gasteiger partial charge in [0.05, 0.1) is 12.2 Å². The first-order chi connectivity index (χ1) is 9.33. The molecule has 0 bridgehead atoms. The highest BCUT2D eigenvalue weighted by Crippen LogP contribution is 2.18. The van der Waals surface area contributed by atoms with E-state index in [1.165, 1.54) is 4.88 Å². The molecule has 0 aliphatic heterocycles. The van der Waals surface area contributed by atoms with Crippen LogP contribution in [-0.2, 0) is 13.1 Å². The van der Waals surface area contributed by atoms with Crippen LogP contribution in [0.4, 0.5) is 6.01 Å². The summed E-state index contributed by atoms with van der Waals surface area (Å²) in [4.78, 5) is 8.01. The van der Waals surface area contributed by atoms with Crippen molar-refractivity contribution in [2.75, 3.05) is 18.0 Å². The van der Waals surface area contributed by atoms with Crippen LogP contribution >= 0.6 is 11.3 Å². The third-order valence-electron chi connectivity index (χ3n) is 2.85. The van der Waals surface area contributed by atoms with Gasteiger partial charge in [-0.1, -0.05) is 13.0 Å². The molecule has 4 nitrogen and oxygen atoms in total. The largest absolute Gasteiger partial charge is 0.432 e. The molecule has 0 aliphatic carbocycles. The molecule has 0 spiro atoms. The van der Waals surface area contributed by atoms with Gasteiger partial charge < -0.3 is 14.6 Å². The summed E-state index contributed by atoms with van der Waals surface area (Å²) in [6.45, 7) is 7.80. The fourth-order valence-electron chi connectivity index (χ4n) is 1.82. The number of aromatic nitrogens is 1. The van der Waals surface area contributed by atoms with Crippen LogP contribution in [0.5, 0.6) is 0 Å². The van der Waals surface area contributed by atoms with Gasteiger partial charge in [0.25, 0.3) is 6.01 Å². The predicted molar refractivity (Wildman–Crippen MR) is 79.5 cm³/mol. The highest BCUT2D eigenvalue weighted by Gasteiger charge is 2.12. The highest BCUT2D eigenvalue weighted by molar-refractivity contribution is 7.09. The molecule has 0 atom stereocenters. The number of anilines is 1. The first kappa shape index (κ1) is 14.1. The maximum atomic E-state index is 5.58. The molecular weight excluding hydrogens is 258 g/mol. The van der Waals surface area contributed by atoms with E-state index in [4.69, 9.17) is 4.42 Å². The van der Waals surface area contributed by atoms with Crippen molar-refractivity contribution >= 4 is 17.4 Å². The van der Waals surface area contributed by atoms with Crippen LogP contribution in [0.3, 0.4) is 0 Å². The van der Waals surface area contributed by atoms with Crippen molar-refractivity contribution < 1.29 is 4.42 Å². The Bertz CT molecular complexity index is 467. The van der Waals surface area contributed by atoms with Crippen LogP contribution in [0.2, 0.25) is 0 Å². The Morgan fingerprint density at radius 3 is 3.00 bits per heavy atom. The topological polar surface area (TPSA) is 41.3 Å². The van der Waals surface area contributed by atoms with E-state index in [9.17, 15) is 0 Å². The molecule has 5 heteroatoms. The van der Waals surface area contributed by atoms with E-state index in [1.54, 1.807) is 17.6 Å². The molecule has 0 saturated heterocycles. The van der Waals surface area contributed by atoms with E-state index in [0.717, 1.165) is 38.3 Å². The second-order valence-corrected chi connectivity index (χ2v) is 5.42. The molecular formula is C14H21N3OS. The summed E-state index contributed by atoms with van der Waals surface area (Å²) in [5, 5.41) is 5.42. The molecule has 0 amide bonds. The summed E-state index contributed by atoms with van der Waals surface area (Å²) in [7, 11) is 0. The lowest BCUT2D eigenvalue weighted by Crippen LogP contribution is -2.22. The molecule has 0 aliphatic rings. The number of nitrogens with one attached hydrogen (secondary N) is 1. The van der Waals surface area contributed by atoms with Crippen LogP contribution in [-0.4, -0.2) is 18.1 Å². The monoisotopic (exact) mass is 279 g/mol. The van der Waals surface area contributed by atoms with Crippen molar-refractivity contribution in [3.8, 4) is 0 Å². The molecule has 1 N–H and O–H groups in total. The highest BCUT2D eigenvalue weighted by atomic mass is 32.1.